The molecule has 0 aliphatic heterocycles. The third-order valence-electron chi connectivity index (χ3n) is 3.30. The van der Waals surface area contributed by atoms with Crippen LogP contribution >= 0.6 is 11.6 Å². The lowest BCUT2D eigenvalue weighted by atomic mass is 10.2. The van der Waals surface area contributed by atoms with E-state index in [1.807, 2.05) is 43.3 Å². The van der Waals surface area contributed by atoms with Gasteiger partial charge in [-0.15, -0.1) is 5.10 Å². The highest BCUT2D eigenvalue weighted by Gasteiger charge is 2.06. The molecule has 0 radical (unpaired) electrons. The lowest BCUT2D eigenvalue weighted by Crippen LogP contribution is -2.11. The molecule has 0 aliphatic carbocycles. The molecule has 0 unspecified atom stereocenters. The first kappa shape index (κ1) is 16.0. The van der Waals surface area contributed by atoms with E-state index in [4.69, 9.17) is 11.6 Å². The predicted octanol–water partition coefficient (Wildman–Crippen LogP) is 4.43. The van der Waals surface area contributed by atoms with E-state index in [0.29, 0.717) is 22.1 Å². The lowest BCUT2D eigenvalue weighted by Gasteiger charge is -2.08. The number of halogens is 1. The molecular weight excluding hydrogens is 324 g/mol. The summed E-state index contributed by atoms with van der Waals surface area (Å²) >= 11 is 5.90. The molecule has 2 aromatic carbocycles. The third-order valence-corrected chi connectivity index (χ3v) is 3.53. The lowest BCUT2D eigenvalue weighted by molar-refractivity contribution is 0.102. The Morgan fingerprint density at radius 1 is 0.958 bits per heavy atom. The van der Waals surface area contributed by atoms with Crippen LogP contribution < -0.4 is 10.6 Å². The van der Waals surface area contributed by atoms with Crippen molar-refractivity contribution in [1.29, 1.82) is 0 Å². The van der Waals surface area contributed by atoms with Crippen LogP contribution in [-0.2, 0) is 0 Å². The van der Waals surface area contributed by atoms with Crippen LogP contribution in [-0.4, -0.2) is 16.1 Å². The predicted molar refractivity (Wildman–Crippen MR) is 95.9 cm³/mol. The van der Waals surface area contributed by atoms with Gasteiger partial charge in [-0.25, -0.2) is 0 Å². The van der Waals surface area contributed by atoms with Crippen molar-refractivity contribution in [1.82, 2.24) is 10.2 Å². The number of carbonyl (C=O) groups is 1. The van der Waals surface area contributed by atoms with Crippen LogP contribution in [0.5, 0.6) is 0 Å². The molecule has 3 aromatic rings. The van der Waals surface area contributed by atoms with Gasteiger partial charge in [-0.2, -0.15) is 5.10 Å². The fourth-order valence-electron chi connectivity index (χ4n) is 2.08. The maximum absolute atomic E-state index is 12.2. The molecule has 0 saturated carbocycles. The van der Waals surface area contributed by atoms with Crippen LogP contribution in [0.2, 0.25) is 5.02 Å². The van der Waals surface area contributed by atoms with Crippen LogP contribution in [0.1, 0.15) is 16.1 Å². The number of carbonyl (C=O) groups excluding carboxylic acids is 1. The van der Waals surface area contributed by atoms with Crippen molar-refractivity contribution >= 4 is 34.7 Å². The van der Waals surface area contributed by atoms with Gasteiger partial charge >= 0.3 is 0 Å². The Morgan fingerprint density at radius 2 is 1.71 bits per heavy atom. The molecule has 0 saturated heterocycles. The standard InChI is InChI=1S/C18H15ClN4O/c1-12-5-10-17(23-22-12)20-15-6-8-16(9-7-15)21-18(24)13-3-2-4-14(19)11-13/h2-11H,1H3,(H,20,23)(H,21,24). The normalized spacial score (nSPS) is 10.2. The molecule has 1 aromatic heterocycles. The number of aromatic nitrogens is 2. The zero-order valence-corrected chi connectivity index (χ0v) is 13.7. The molecule has 0 aliphatic rings. The van der Waals surface area contributed by atoms with Crippen molar-refractivity contribution in [2.24, 2.45) is 0 Å². The summed E-state index contributed by atoms with van der Waals surface area (Å²) in [5, 5.41) is 14.5. The first-order chi connectivity index (χ1) is 11.6. The number of nitrogens with zero attached hydrogens (tertiary/aromatic N) is 2. The Morgan fingerprint density at radius 3 is 2.38 bits per heavy atom. The molecule has 0 fully saturated rings. The number of anilines is 3. The molecule has 0 atom stereocenters. The first-order valence-electron chi connectivity index (χ1n) is 7.34. The van der Waals surface area contributed by atoms with Crippen LogP contribution in [0.25, 0.3) is 0 Å². The fourth-order valence-corrected chi connectivity index (χ4v) is 2.27. The Bertz CT molecular complexity index is 848. The Balaban J connectivity index is 1.66. The smallest absolute Gasteiger partial charge is 0.255 e. The van der Waals surface area contributed by atoms with Gasteiger partial charge in [0.25, 0.3) is 5.91 Å². The number of hydrogen-bond donors (Lipinski definition) is 2. The van der Waals surface area contributed by atoms with Crippen molar-refractivity contribution in [3.63, 3.8) is 0 Å². The number of benzene rings is 2. The summed E-state index contributed by atoms with van der Waals surface area (Å²) in [7, 11) is 0. The summed E-state index contributed by atoms with van der Waals surface area (Å²) in [5.74, 6) is 0.457. The number of amides is 1. The second-order valence-electron chi connectivity index (χ2n) is 5.23. The number of aryl methyl sites for hydroxylation is 1. The molecule has 3 rings (SSSR count). The van der Waals surface area contributed by atoms with Crippen LogP contribution in [0.15, 0.2) is 60.7 Å². The van der Waals surface area contributed by atoms with E-state index in [9.17, 15) is 4.79 Å². The van der Waals surface area contributed by atoms with E-state index < -0.39 is 0 Å². The molecule has 6 heteroatoms. The summed E-state index contributed by atoms with van der Waals surface area (Å²) in [6.45, 7) is 1.88. The SMILES string of the molecule is Cc1ccc(Nc2ccc(NC(=O)c3cccc(Cl)c3)cc2)nn1. The molecule has 1 heterocycles. The van der Waals surface area contributed by atoms with Gasteiger partial charge in [-0.05, 0) is 61.5 Å². The average molecular weight is 339 g/mol. The summed E-state index contributed by atoms with van der Waals surface area (Å²) in [6.07, 6.45) is 0. The highest BCUT2D eigenvalue weighted by Crippen LogP contribution is 2.18. The Labute approximate surface area is 144 Å². The summed E-state index contributed by atoms with van der Waals surface area (Å²) < 4.78 is 0. The average Bonchev–Trinajstić information content (AvgIpc) is 2.59. The van der Waals surface area contributed by atoms with Crippen molar-refractivity contribution < 1.29 is 4.79 Å². The maximum atomic E-state index is 12.2. The van der Waals surface area contributed by atoms with Crippen LogP contribution in [0.4, 0.5) is 17.2 Å². The van der Waals surface area contributed by atoms with Crippen molar-refractivity contribution in [2.45, 2.75) is 6.92 Å². The molecule has 5 nitrogen and oxygen atoms in total. The van der Waals surface area contributed by atoms with Crippen LogP contribution in [0, 0.1) is 6.92 Å². The van der Waals surface area contributed by atoms with E-state index in [1.54, 1.807) is 24.3 Å². The minimum atomic E-state index is -0.206. The molecule has 2 N–H and O–H groups in total. The largest absolute Gasteiger partial charge is 0.339 e. The summed E-state index contributed by atoms with van der Waals surface area (Å²) in [6, 6.07) is 17.9. The van der Waals surface area contributed by atoms with E-state index >= 15 is 0 Å². The van der Waals surface area contributed by atoms with Gasteiger partial charge in [0.2, 0.25) is 0 Å². The summed E-state index contributed by atoms with van der Waals surface area (Å²) in [4.78, 5) is 12.2. The highest BCUT2D eigenvalue weighted by atomic mass is 35.5. The van der Waals surface area contributed by atoms with Gasteiger partial charge in [0.1, 0.15) is 0 Å². The molecule has 24 heavy (non-hydrogen) atoms. The maximum Gasteiger partial charge on any atom is 0.255 e. The Hall–Kier alpha value is -2.92. The molecular formula is C18H15ClN4O. The minimum absolute atomic E-state index is 0.206. The second kappa shape index (κ2) is 7.10. The monoisotopic (exact) mass is 338 g/mol. The van der Waals surface area contributed by atoms with E-state index in [0.717, 1.165) is 11.4 Å². The zero-order valence-electron chi connectivity index (χ0n) is 13.0. The third kappa shape index (κ3) is 4.08. The van der Waals surface area contributed by atoms with Gasteiger partial charge in [-0.3, -0.25) is 4.79 Å². The quantitative estimate of drug-likeness (QED) is 0.738. The Kier molecular flexibility index (Phi) is 4.72. The molecule has 120 valence electrons. The zero-order chi connectivity index (χ0) is 16.9. The van der Waals surface area contributed by atoms with E-state index in [-0.39, 0.29) is 5.91 Å². The van der Waals surface area contributed by atoms with Crippen molar-refractivity contribution in [2.75, 3.05) is 10.6 Å². The van der Waals surface area contributed by atoms with Gasteiger partial charge < -0.3 is 10.6 Å². The minimum Gasteiger partial charge on any atom is -0.339 e. The highest BCUT2D eigenvalue weighted by molar-refractivity contribution is 6.31. The van der Waals surface area contributed by atoms with Crippen molar-refractivity contribution in [3.8, 4) is 0 Å². The van der Waals surface area contributed by atoms with Gasteiger partial charge in [0.15, 0.2) is 5.82 Å². The van der Waals surface area contributed by atoms with E-state index in [2.05, 4.69) is 20.8 Å². The van der Waals surface area contributed by atoms with Gasteiger partial charge in [-0.1, -0.05) is 17.7 Å². The fraction of sp³-hybridized carbons (Fsp3) is 0.0556. The summed E-state index contributed by atoms with van der Waals surface area (Å²) in [5.41, 5.74) is 2.92. The van der Waals surface area contributed by atoms with Crippen molar-refractivity contribution in [3.05, 3.63) is 76.9 Å². The molecule has 0 spiro atoms. The number of rotatable bonds is 4. The first-order valence-corrected chi connectivity index (χ1v) is 7.72. The topological polar surface area (TPSA) is 66.9 Å². The van der Waals surface area contributed by atoms with Gasteiger partial charge in [0, 0.05) is 22.0 Å². The van der Waals surface area contributed by atoms with Crippen LogP contribution in [0.3, 0.4) is 0 Å². The second-order valence-corrected chi connectivity index (χ2v) is 5.66. The van der Waals surface area contributed by atoms with Gasteiger partial charge in [0.05, 0.1) is 5.69 Å². The van der Waals surface area contributed by atoms with E-state index in [1.165, 1.54) is 0 Å². The molecule has 0 bridgehead atoms. The number of nitrogens with one attached hydrogen (secondary N) is 2. The number of hydrogen-bond acceptors (Lipinski definition) is 4. The molecule has 1 amide bonds.